The number of rotatable bonds is 17. The van der Waals surface area contributed by atoms with Crippen molar-refractivity contribution >= 4 is 35.0 Å². The van der Waals surface area contributed by atoms with Crippen LogP contribution in [-0.4, -0.2) is 33.8 Å². The summed E-state index contributed by atoms with van der Waals surface area (Å²) >= 11 is 1.53. The zero-order chi connectivity index (χ0) is 43.4. The molecule has 320 valence electrons. The van der Waals surface area contributed by atoms with Gasteiger partial charge in [0.2, 0.25) is 11.8 Å². The zero-order valence-corrected chi connectivity index (χ0v) is 35.6. The molecule has 6 aromatic carbocycles. The van der Waals surface area contributed by atoms with Gasteiger partial charge in [-0.25, -0.2) is 4.98 Å². The predicted octanol–water partition coefficient (Wildman–Crippen LogP) is 10.9. The third kappa shape index (κ3) is 11.3. The van der Waals surface area contributed by atoms with Crippen molar-refractivity contribution in [1.29, 1.82) is 0 Å². The Bertz CT molecular complexity index is 2530. The smallest absolute Gasteiger partial charge is 0.256 e. The number of nitrogen functional groups attached to an aromatic ring is 1. The van der Waals surface area contributed by atoms with Gasteiger partial charge in [-0.05, 0) is 52.8 Å². The van der Waals surface area contributed by atoms with Crippen molar-refractivity contribution in [2.24, 2.45) is 0 Å². The summed E-state index contributed by atoms with van der Waals surface area (Å²) in [6, 6.07) is 51.3. The quantitative estimate of drug-likeness (QED) is 0.0399. The predicted molar refractivity (Wildman–Crippen MR) is 248 cm³/mol. The van der Waals surface area contributed by atoms with Gasteiger partial charge in [-0.3, -0.25) is 9.59 Å². The number of para-hydroxylation sites is 2. The molecule has 0 aliphatic carbocycles. The van der Waals surface area contributed by atoms with Crippen molar-refractivity contribution in [1.82, 2.24) is 10.3 Å². The molecule has 0 bridgehead atoms. The second-order valence-electron chi connectivity index (χ2n) is 15.4. The minimum atomic E-state index is -0.637. The first kappa shape index (κ1) is 43.2. The number of benzene rings is 6. The first-order valence-electron chi connectivity index (χ1n) is 21.2. The fraction of sp³-hybridized carbons (Fsp3) is 0.212. The Balaban J connectivity index is 0.917. The number of aromatic nitrogens is 1. The second-order valence-corrected chi connectivity index (χ2v) is 16.4. The zero-order valence-electron chi connectivity index (χ0n) is 34.8. The summed E-state index contributed by atoms with van der Waals surface area (Å²) < 4.78 is 19.8. The number of unbranched alkanes of at least 4 members (excludes halogenated alkanes) is 1. The van der Waals surface area contributed by atoms with E-state index in [1.54, 1.807) is 12.1 Å². The fourth-order valence-electron chi connectivity index (χ4n) is 7.58. The van der Waals surface area contributed by atoms with E-state index in [1.165, 1.54) is 11.8 Å². The van der Waals surface area contributed by atoms with Gasteiger partial charge < -0.3 is 35.4 Å². The number of thioether (sulfide) groups is 1. The summed E-state index contributed by atoms with van der Waals surface area (Å²) in [7, 11) is 0. The van der Waals surface area contributed by atoms with E-state index < -0.39 is 6.29 Å². The first-order valence-corrected chi connectivity index (χ1v) is 22.2. The summed E-state index contributed by atoms with van der Waals surface area (Å²) in [6.07, 6.45) is 1.36. The minimum Gasteiger partial charge on any atom is -0.431 e. The number of nitrogens with one attached hydrogen (secondary N) is 2. The number of amides is 2. The highest BCUT2D eigenvalue weighted by Gasteiger charge is 2.33. The van der Waals surface area contributed by atoms with E-state index in [1.807, 2.05) is 127 Å². The third-order valence-electron chi connectivity index (χ3n) is 11.0. The molecule has 0 radical (unpaired) electrons. The summed E-state index contributed by atoms with van der Waals surface area (Å²) in [5, 5.41) is 16.1. The van der Waals surface area contributed by atoms with Crippen LogP contribution in [0, 0.1) is 0 Å². The van der Waals surface area contributed by atoms with Crippen LogP contribution in [0.3, 0.4) is 0 Å². The van der Waals surface area contributed by atoms with Gasteiger partial charge in [0.15, 0.2) is 12.1 Å². The number of aliphatic hydroxyl groups is 1. The summed E-state index contributed by atoms with van der Waals surface area (Å²) in [4.78, 5) is 30.2. The number of carbonyl (C=O) groups excluding carboxylic acids is 2. The molecule has 1 fully saturated rings. The molecule has 3 atom stereocenters. The molecule has 7 aromatic rings. The van der Waals surface area contributed by atoms with Gasteiger partial charge in [0, 0.05) is 48.3 Å². The molecule has 5 N–H and O–H groups in total. The molecular formula is C52H50N4O6S. The summed E-state index contributed by atoms with van der Waals surface area (Å²) in [5.41, 5.74) is 15.5. The Morgan fingerprint density at radius 3 is 2.08 bits per heavy atom. The first-order chi connectivity index (χ1) is 30.9. The van der Waals surface area contributed by atoms with Crippen molar-refractivity contribution in [3.05, 3.63) is 180 Å². The van der Waals surface area contributed by atoms with Gasteiger partial charge in [0.05, 0.1) is 30.2 Å². The molecular weight excluding hydrogens is 809 g/mol. The number of nitrogens with two attached hydrogens (primary N) is 1. The van der Waals surface area contributed by atoms with Crippen LogP contribution in [0.4, 0.5) is 11.4 Å². The molecule has 1 aliphatic heterocycles. The molecule has 63 heavy (non-hydrogen) atoms. The maximum absolute atomic E-state index is 12.8. The van der Waals surface area contributed by atoms with Crippen LogP contribution < -0.4 is 16.4 Å². The number of nitrogens with zero attached hydrogens (tertiary/aromatic N) is 1. The van der Waals surface area contributed by atoms with Gasteiger partial charge in [-0.1, -0.05) is 157 Å². The Morgan fingerprint density at radius 1 is 0.698 bits per heavy atom. The van der Waals surface area contributed by atoms with Crippen LogP contribution in [0.2, 0.25) is 0 Å². The van der Waals surface area contributed by atoms with Gasteiger partial charge in [-0.2, -0.15) is 0 Å². The maximum atomic E-state index is 12.8. The lowest BCUT2D eigenvalue weighted by Crippen LogP contribution is -2.31. The lowest BCUT2D eigenvalue weighted by atomic mass is 9.97. The normalized spacial score (nSPS) is 16.0. The van der Waals surface area contributed by atoms with E-state index >= 15 is 0 Å². The van der Waals surface area contributed by atoms with Crippen LogP contribution >= 0.6 is 11.8 Å². The molecule has 0 spiro atoms. The fourth-order valence-corrected chi connectivity index (χ4v) is 8.42. The molecule has 8 rings (SSSR count). The Kier molecular flexibility index (Phi) is 14.4. The number of aliphatic hydroxyl groups excluding tert-OH is 1. The van der Waals surface area contributed by atoms with E-state index in [2.05, 4.69) is 28.8 Å². The average Bonchev–Trinajstić information content (AvgIpc) is 3.77. The van der Waals surface area contributed by atoms with E-state index in [-0.39, 0.29) is 30.6 Å². The number of carbonyl (C=O) groups is 2. The Labute approximate surface area is 371 Å². The van der Waals surface area contributed by atoms with Crippen molar-refractivity contribution in [3.8, 4) is 33.7 Å². The van der Waals surface area contributed by atoms with Crippen LogP contribution in [0.25, 0.3) is 33.7 Å². The van der Waals surface area contributed by atoms with Crippen molar-refractivity contribution in [2.75, 3.05) is 16.8 Å². The largest absolute Gasteiger partial charge is 0.431 e. The van der Waals surface area contributed by atoms with Crippen molar-refractivity contribution in [3.63, 3.8) is 0 Å². The van der Waals surface area contributed by atoms with Crippen molar-refractivity contribution < 1.29 is 28.6 Å². The molecule has 1 aliphatic rings. The number of oxazole rings is 1. The van der Waals surface area contributed by atoms with Gasteiger partial charge in [0.1, 0.15) is 5.69 Å². The highest BCUT2D eigenvalue weighted by atomic mass is 32.2. The van der Waals surface area contributed by atoms with Gasteiger partial charge in [-0.15, -0.1) is 0 Å². The molecule has 2 heterocycles. The minimum absolute atomic E-state index is 0.0290. The highest BCUT2D eigenvalue weighted by molar-refractivity contribution is 7.99. The van der Waals surface area contributed by atoms with E-state index in [9.17, 15) is 14.7 Å². The van der Waals surface area contributed by atoms with Crippen LogP contribution in [-0.2, 0) is 32.2 Å². The van der Waals surface area contributed by atoms with E-state index in [4.69, 9.17) is 24.6 Å². The third-order valence-corrected chi connectivity index (χ3v) is 11.9. The standard InChI is InChI=1S/C52H50N4O6S/c53-44-19-9-10-20-45(44)55-48(59)22-12-11-21-47(58)54-32-41-17-7-8-18-43(41)36-27-29-40(30-28-36)51-60-42(31-46(61-51)37-25-23-35(33-57)24-26-37)34-63-52-56-49(38-13-3-1-4-14-38)50(62-52)39-15-5-2-6-16-39/h1-10,13-20,23-30,42,46,51,57H,11-12,21-22,31-34,53H2,(H,54,58)(H,55,59)/t42-,46+,51+/m0/s1. The summed E-state index contributed by atoms with van der Waals surface area (Å²) in [5.74, 6) is 1.12. The number of hydrogen-bond donors (Lipinski definition) is 4. The molecule has 0 saturated carbocycles. The lowest BCUT2D eigenvalue weighted by Gasteiger charge is -2.36. The SMILES string of the molecule is Nc1ccccc1NC(=O)CCCCC(=O)NCc1ccccc1-c1ccc([C@@H]2O[C@H](CSc3nc(-c4ccccc4)c(-c4ccccc4)o3)C[C@H](c3ccc(CO)cc3)O2)cc1. The monoisotopic (exact) mass is 858 g/mol. The molecule has 1 aromatic heterocycles. The molecule has 1 saturated heterocycles. The van der Waals surface area contributed by atoms with Gasteiger partial charge >= 0.3 is 0 Å². The molecule has 11 heteroatoms. The average molecular weight is 859 g/mol. The Morgan fingerprint density at radius 2 is 1.35 bits per heavy atom. The molecule has 10 nitrogen and oxygen atoms in total. The van der Waals surface area contributed by atoms with Crippen LogP contribution in [0.15, 0.2) is 167 Å². The van der Waals surface area contributed by atoms with Crippen LogP contribution in [0.1, 0.15) is 66.8 Å². The number of hydrogen-bond acceptors (Lipinski definition) is 9. The van der Waals surface area contributed by atoms with Crippen molar-refractivity contribution in [2.45, 2.75) is 69.0 Å². The molecule has 0 unspecified atom stereocenters. The second kappa shape index (κ2) is 21.0. The number of ether oxygens (including phenoxy) is 2. The highest BCUT2D eigenvalue weighted by Crippen LogP contribution is 2.41. The Hall–Kier alpha value is -6.50. The lowest BCUT2D eigenvalue weighted by molar-refractivity contribution is -0.245. The van der Waals surface area contributed by atoms with E-state index in [0.29, 0.717) is 61.0 Å². The van der Waals surface area contributed by atoms with Gasteiger partial charge in [0.25, 0.3) is 5.22 Å². The maximum Gasteiger partial charge on any atom is 0.256 e. The summed E-state index contributed by atoms with van der Waals surface area (Å²) in [6.45, 7) is 0.346. The molecule has 2 amide bonds. The van der Waals surface area contributed by atoms with Crippen LogP contribution in [0.5, 0.6) is 0 Å². The number of anilines is 2. The van der Waals surface area contributed by atoms with E-state index in [0.717, 1.165) is 56.0 Å². The topological polar surface area (TPSA) is 149 Å².